The molecule has 1 amide bonds. The predicted octanol–water partition coefficient (Wildman–Crippen LogP) is 0.590. The van der Waals surface area contributed by atoms with Crippen molar-refractivity contribution >= 4 is 6.39 Å². The van der Waals surface area contributed by atoms with Gasteiger partial charge >= 0.3 is 0 Å². The van der Waals surface area contributed by atoms with Gasteiger partial charge in [-0.2, -0.15) is 0 Å². The Bertz CT molecular complexity index is 184. The molecule has 0 unspecified atom stereocenters. The van der Waals surface area contributed by atoms with Crippen molar-refractivity contribution in [2.45, 2.75) is 38.8 Å². The zero-order chi connectivity index (χ0) is 10.2. The first kappa shape index (κ1) is 8.53. The summed E-state index contributed by atoms with van der Waals surface area (Å²) in [6.07, 6.45) is -0.710. The summed E-state index contributed by atoms with van der Waals surface area (Å²) in [5.41, 5.74) is 4.85. The van der Waals surface area contributed by atoms with Gasteiger partial charge in [-0.05, 0) is 27.7 Å². The van der Waals surface area contributed by atoms with Gasteiger partial charge in [-0.1, -0.05) is 0 Å². The average molecular weight is 159 g/mol. The first-order chi connectivity index (χ1) is 5.10. The molecule has 0 aliphatic heterocycles. The topological polar surface area (TPSA) is 46.3 Å². The summed E-state index contributed by atoms with van der Waals surface area (Å²) in [5.74, 6) is 0. The highest BCUT2D eigenvalue weighted by molar-refractivity contribution is 5.48. The summed E-state index contributed by atoms with van der Waals surface area (Å²) >= 11 is 0. The van der Waals surface area contributed by atoms with Gasteiger partial charge in [0.2, 0.25) is 6.39 Å². The molecule has 0 spiro atoms. The summed E-state index contributed by atoms with van der Waals surface area (Å²) in [4.78, 5) is 12.1. The smallest absolute Gasteiger partial charge is 0.209 e. The fourth-order valence-electron chi connectivity index (χ4n) is 0.546. The molecule has 0 heterocycles. The molecular formula is C8H18N2O. The van der Waals surface area contributed by atoms with Gasteiger partial charge in [0.05, 0.1) is 5.54 Å². The Balaban J connectivity index is 4.73. The van der Waals surface area contributed by atoms with Crippen LogP contribution in [0, 0.1) is 0 Å². The summed E-state index contributed by atoms with van der Waals surface area (Å²) in [6.45, 7) is 7.37. The Kier molecular flexibility index (Phi) is 2.18. The lowest BCUT2D eigenvalue weighted by atomic mass is 9.82. The molecule has 66 valence electrons. The van der Waals surface area contributed by atoms with Crippen LogP contribution in [0.2, 0.25) is 0 Å². The van der Waals surface area contributed by atoms with Crippen LogP contribution in [-0.4, -0.2) is 29.4 Å². The van der Waals surface area contributed by atoms with Crippen molar-refractivity contribution in [1.82, 2.24) is 4.90 Å². The molecule has 0 atom stereocenters. The van der Waals surface area contributed by atoms with Crippen molar-refractivity contribution in [3.05, 3.63) is 0 Å². The largest absolute Gasteiger partial charge is 0.341 e. The minimum atomic E-state index is -0.710. The van der Waals surface area contributed by atoms with E-state index in [0.717, 1.165) is 0 Å². The van der Waals surface area contributed by atoms with Crippen LogP contribution in [0.3, 0.4) is 0 Å². The molecule has 0 aromatic carbocycles. The van der Waals surface area contributed by atoms with Crippen molar-refractivity contribution in [3.63, 3.8) is 0 Å². The highest BCUT2D eigenvalue weighted by Gasteiger charge is 2.36. The first-order valence-corrected chi connectivity index (χ1v) is 3.64. The van der Waals surface area contributed by atoms with Crippen LogP contribution < -0.4 is 5.73 Å². The van der Waals surface area contributed by atoms with Crippen molar-refractivity contribution in [2.75, 3.05) is 7.05 Å². The van der Waals surface area contributed by atoms with E-state index in [1.54, 1.807) is 7.05 Å². The van der Waals surface area contributed by atoms with Gasteiger partial charge < -0.3 is 10.6 Å². The molecule has 0 aromatic rings. The quantitative estimate of drug-likeness (QED) is 0.599. The number of carbonyl (C=O) groups is 1. The molecule has 0 fully saturated rings. The monoisotopic (exact) mass is 159 g/mol. The molecule has 2 N–H and O–H groups in total. The third kappa shape index (κ3) is 1.93. The fraction of sp³-hybridized carbons (Fsp3) is 0.875. The molecule has 3 nitrogen and oxygen atoms in total. The van der Waals surface area contributed by atoms with Crippen LogP contribution in [0.25, 0.3) is 0 Å². The molecule has 11 heavy (non-hydrogen) atoms. The van der Waals surface area contributed by atoms with Gasteiger partial charge in [-0.25, -0.2) is 0 Å². The van der Waals surface area contributed by atoms with Gasteiger partial charge in [0, 0.05) is 12.6 Å². The fourth-order valence-corrected chi connectivity index (χ4v) is 0.546. The lowest BCUT2D eigenvalue weighted by Gasteiger charge is -2.43. The standard InChI is InChI=1S/C8H18N2O/c1-7(2,9)8(3,4)10(5)6-11/h6H,9H2,1-5H3/i6D. The molecule has 0 saturated heterocycles. The number of nitrogens with zero attached hydrogens (tertiary/aromatic N) is 1. The van der Waals surface area contributed by atoms with Crippen LogP contribution in [0.4, 0.5) is 0 Å². The number of likely N-dealkylation sites (N-methyl/N-ethyl adjacent to an activating group) is 1. The van der Waals surface area contributed by atoms with Gasteiger partial charge in [0.25, 0.3) is 0 Å². The van der Waals surface area contributed by atoms with Crippen LogP contribution >= 0.6 is 0 Å². The van der Waals surface area contributed by atoms with E-state index in [4.69, 9.17) is 7.10 Å². The van der Waals surface area contributed by atoms with E-state index in [1.807, 2.05) is 27.7 Å². The number of nitrogens with two attached hydrogens (primary N) is 1. The summed E-state index contributed by atoms with van der Waals surface area (Å²) in [6, 6.07) is 0. The van der Waals surface area contributed by atoms with E-state index >= 15 is 0 Å². The molecule has 3 heteroatoms. The van der Waals surface area contributed by atoms with Crippen LogP contribution in [0.1, 0.15) is 29.1 Å². The van der Waals surface area contributed by atoms with E-state index in [2.05, 4.69) is 0 Å². The number of hydrogen-bond donors (Lipinski definition) is 1. The Labute approximate surface area is 70.0 Å². The summed E-state index contributed by atoms with van der Waals surface area (Å²) < 4.78 is 6.95. The van der Waals surface area contributed by atoms with Crippen LogP contribution in [0.5, 0.6) is 0 Å². The van der Waals surface area contributed by atoms with Gasteiger partial charge in [0.15, 0.2) is 0 Å². The van der Waals surface area contributed by atoms with Gasteiger partial charge in [0.1, 0.15) is 1.37 Å². The highest BCUT2D eigenvalue weighted by Crippen LogP contribution is 2.22. The molecule has 0 aliphatic rings. The Morgan fingerprint density at radius 1 is 1.45 bits per heavy atom. The maximum Gasteiger partial charge on any atom is 0.209 e. The SMILES string of the molecule is [2H]C(=O)N(C)C(C)(C)C(C)(C)N. The van der Waals surface area contributed by atoms with E-state index in [1.165, 1.54) is 4.90 Å². The van der Waals surface area contributed by atoms with Crippen LogP contribution in [0.15, 0.2) is 0 Å². The molecule has 0 saturated carbocycles. The highest BCUT2D eigenvalue weighted by atomic mass is 16.1. The minimum absolute atomic E-state index is 0.508. The van der Waals surface area contributed by atoms with Crippen molar-refractivity contribution in [1.29, 1.82) is 0 Å². The Morgan fingerprint density at radius 2 is 1.82 bits per heavy atom. The summed E-state index contributed by atoms with van der Waals surface area (Å²) in [5, 5.41) is 0. The minimum Gasteiger partial charge on any atom is -0.341 e. The van der Waals surface area contributed by atoms with Gasteiger partial charge in [-0.3, -0.25) is 4.79 Å². The first-order valence-electron chi connectivity index (χ1n) is 4.14. The number of amides is 1. The second-order valence-electron chi connectivity index (χ2n) is 3.93. The van der Waals surface area contributed by atoms with Crippen molar-refractivity contribution in [2.24, 2.45) is 5.73 Å². The van der Waals surface area contributed by atoms with Crippen molar-refractivity contribution in [3.8, 4) is 0 Å². The number of carbonyl (C=O) groups excluding carboxylic acids is 1. The second-order valence-corrected chi connectivity index (χ2v) is 3.93. The maximum atomic E-state index is 10.8. The zero-order valence-corrected chi connectivity index (χ0v) is 7.93. The Morgan fingerprint density at radius 3 is 1.91 bits per heavy atom. The Hall–Kier alpha value is -0.570. The molecular weight excluding hydrogens is 140 g/mol. The molecule has 0 radical (unpaired) electrons. The lowest BCUT2D eigenvalue weighted by Crippen LogP contribution is -2.60. The van der Waals surface area contributed by atoms with Crippen LogP contribution in [-0.2, 0) is 4.79 Å². The maximum absolute atomic E-state index is 10.8. The lowest BCUT2D eigenvalue weighted by molar-refractivity contribution is -0.123. The van der Waals surface area contributed by atoms with Crippen molar-refractivity contribution < 1.29 is 6.17 Å². The zero-order valence-electron chi connectivity index (χ0n) is 8.93. The van der Waals surface area contributed by atoms with E-state index < -0.39 is 17.5 Å². The molecule has 0 bridgehead atoms. The number of hydrogen-bond acceptors (Lipinski definition) is 2. The predicted molar refractivity (Wildman–Crippen MR) is 46.2 cm³/mol. The van der Waals surface area contributed by atoms with E-state index in [9.17, 15) is 4.79 Å². The third-order valence-electron chi connectivity index (χ3n) is 2.55. The van der Waals surface area contributed by atoms with E-state index in [0.29, 0.717) is 0 Å². The van der Waals surface area contributed by atoms with E-state index in [-0.39, 0.29) is 0 Å². The third-order valence-corrected chi connectivity index (χ3v) is 2.55. The van der Waals surface area contributed by atoms with Gasteiger partial charge in [-0.15, -0.1) is 0 Å². The normalized spacial score (nSPS) is 14.2. The second kappa shape index (κ2) is 2.81. The molecule has 0 aliphatic carbocycles. The number of rotatable bonds is 2. The molecule has 0 rings (SSSR count). The molecule has 0 aromatic heterocycles. The average Bonchev–Trinajstić information content (AvgIpc) is 1.83. The summed E-state index contributed by atoms with van der Waals surface area (Å²) in [7, 11) is 1.59.